The van der Waals surface area contributed by atoms with Crippen molar-refractivity contribution < 1.29 is 33.5 Å². The first kappa shape index (κ1) is 35.9. The first-order valence-corrected chi connectivity index (χ1v) is 18.6. The van der Waals surface area contributed by atoms with Gasteiger partial charge in [-0.15, -0.1) is 0 Å². The fraction of sp³-hybridized carbons (Fsp3) is 0.500. The molecule has 1 aromatic heterocycles. The molecular formula is C42H47FN2O7. The number of allylic oxidation sites excluding steroid dienone is 4. The van der Waals surface area contributed by atoms with E-state index in [0.29, 0.717) is 40.2 Å². The van der Waals surface area contributed by atoms with Gasteiger partial charge >= 0.3 is 11.9 Å². The predicted octanol–water partition coefficient (Wildman–Crippen LogP) is 7.41. The number of aliphatic hydroxyl groups is 1. The number of H-pyrrole nitrogens is 1. The number of nitrogens with zero attached hydrogens (tertiary/aromatic N) is 1. The molecule has 10 heteroatoms. The van der Waals surface area contributed by atoms with Gasteiger partial charge in [0, 0.05) is 40.0 Å². The number of rotatable bonds is 9. The Morgan fingerprint density at radius 2 is 1.83 bits per heavy atom. The van der Waals surface area contributed by atoms with Crippen LogP contribution >= 0.6 is 0 Å². The van der Waals surface area contributed by atoms with E-state index in [0.717, 1.165) is 25.7 Å². The fourth-order valence-electron chi connectivity index (χ4n) is 10.5. The SMILES string of the molecule is CCCCCC(=O)OCC(=O)[C@H]1[C@H](C)C[C@H]2[C@@H]3C[C@H](F)C4=CC(=NOC(=O)c5cccc6c(=O)c7ccccc7[nH]c56)C=C[C@]4(C)[C@H]3[C@@H](O)C[C@@]21C. The average molecular weight is 711 g/mol. The van der Waals surface area contributed by atoms with Crippen LogP contribution in [0.25, 0.3) is 21.8 Å². The van der Waals surface area contributed by atoms with Crippen molar-refractivity contribution in [1.29, 1.82) is 0 Å². The fourth-order valence-corrected chi connectivity index (χ4v) is 10.5. The number of hydrogen-bond donors (Lipinski definition) is 2. The van der Waals surface area contributed by atoms with E-state index >= 15 is 4.39 Å². The highest BCUT2D eigenvalue weighted by molar-refractivity contribution is 6.08. The van der Waals surface area contributed by atoms with Gasteiger partial charge in [-0.3, -0.25) is 14.4 Å². The van der Waals surface area contributed by atoms with Crippen LogP contribution in [0.15, 0.2) is 76.2 Å². The molecule has 3 fully saturated rings. The summed E-state index contributed by atoms with van der Waals surface area (Å²) in [7, 11) is 0. The van der Waals surface area contributed by atoms with Crippen LogP contribution in [0, 0.1) is 40.4 Å². The molecule has 4 aliphatic rings. The second-order valence-electron chi connectivity index (χ2n) is 15.9. The van der Waals surface area contributed by atoms with Gasteiger partial charge in [0.1, 0.15) is 18.5 Å². The molecule has 52 heavy (non-hydrogen) atoms. The molecule has 4 aliphatic carbocycles. The van der Waals surface area contributed by atoms with Crippen molar-refractivity contribution in [3.63, 3.8) is 0 Å². The number of aliphatic hydroxyl groups excluding tert-OH is 1. The second-order valence-corrected chi connectivity index (χ2v) is 15.9. The third kappa shape index (κ3) is 6.02. The summed E-state index contributed by atoms with van der Waals surface area (Å²) >= 11 is 0. The van der Waals surface area contributed by atoms with Gasteiger partial charge in [-0.25, -0.2) is 9.18 Å². The lowest BCUT2D eigenvalue weighted by Gasteiger charge is -2.59. The van der Waals surface area contributed by atoms with Gasteiger partial charge in [0.25, 0.3) is 0 Å². The summed E-state index contributed by atoms with van der Waals surface area (Å²) < 4.78 is 21.8. The molecule has 0 radical (unpaired) electrons. The third-order valence-corrected chi connectivity index (χ3v) is 12.7. The van der Waals surface area contributed by atoms with E-state index in [1.807, 2.05) is 19.9 Å². The predicted molar refractivity (Wildman–Crippen MR) is 196 cm³/mol. The van der Waals surface area contributed by atoms with Crippen LogP contribution < -0.4 is 5.43 Å². The molecule has 2 N–H and O–H groups in total. The maximum Gasteiger partial charge on any atom is 0.367 e. The molecule has 0 bridgehead atoms. The Morgan fingerprint density at radius 3 is 2.62 bits per heavy atom. The molecular weight excluding hydrogens is 663 g/mol. The van der Waals surface area contributed by atoms with Crippen molar-refractivity contribution in [2.24, 2.45) is 45.6 Å². The zero-order valence-electron chi connectivity index (χ0n) is 30.2. The van der Waals surface area contributed by atoms with Crippen LogP contribution in [0.5, 0.6) is 0 Å². The number of unbranched alkanes of at least 4 members (excludes halogenated alkanes) is 2. The molecule has 7 rings (SSSR count). The number of ketones is 1. The summed E-state index contributed by atoms with van der Waals surface area (Å²) in [5, 5.41) is 16.8. The molecule has 3 saturated carbocycles. The number of aromatic amines is 1. The number of halogens is 1. The Balaban J connectivity index is 1.09. The zero-order valence-corrected chi connectivity index (χ0v) is 30.2. The summed E-state index contributed by atoms with van der Waals surface area (Å²) in [6, 6.07) is 11.9. The molecule has 0 unspecified atom stereocenters. The third-order valence-electron chi connectivity index (χ3n) is 12.7. The maximum absolute atomic E-state index is 16.4. The average Bonchev–Trinajstić information content (AvgIpc) is 3.39. The number of para-hydroxylation sites is 2. The minimum absolute atomic E-state index is 0.00339. The van der Waals surface area contributed by atoms with Gasteiger partial charge in [0.2, 0.25) is 0 Å². The number of esters is 1. The van der Waals surface area contributed by atoms with Gasteiger partial charge in [0.15, 0.2) is 11.2 Å². The lowest BCUT2D eigenvalue weighted by molar-refractivity contribution is -0.155. The van der Waals surface area contributed by atoms with Gasteiger partial charge in [-0.2, -0.15) is 0 Å². The van der Waals surface area contributed by atoms with Crippen molar-refractivity contribution in [3.8, 4) is 0 Å². The molecule has 0 amide bonds. The maximum atomic E-state index is 16.4. The number of ether oxygens (including phenoxy) is 1. The molecule has 0 spiro atoms. The van der Waals surface area contributed by atoms with Crippen LogP contribution in [0.2, 0.25) is 0 Å². The normalized spacial score (nSPS) is 32.9. The number of hydrogen-bond acceptors (Lipinski definition) is 8. The minimum atomic E-state index is -1.34. The Hall–Kier alpha value is -4.44. The lowest BCUT2D eigenvalue weighted by Crippen LogP contribution is -2.58. The number of carbonyl (C=O) groups excluding carboxylic acids is 3. The number of alkyl halides is 1. The molecule has 0 aliphatic heterocycles. The molecule has 2 aromatic carbocycles. The van der Waals surface area contributed by atoms with Crippen LogP contribution in [0.1, 0.15) is 83.0 Å². The molecule has 9 atom stereocenters. The van der Waals surface area contributed by atoms with Crippen molar-refractivity contribution in [2.45, 2.75) is 84.9 Å². The van der Waals surface area contributed by atoms with E-state index in [-0.39, 0.29) is 65.2 Å². The number of Topliss-reactive ketones (excluding diaryl/α,β-unsaturated/α-hetero) is 1. The minimum Gasteiger partial charge on any atom is -0.458 e. The van der Waals surface area contributed by atoms with E-state index < -0.39 is 35.0 Å². The number of aromatic nitrogens is 1. The van der Waals surface area contributed by atoms with Gasteiger partial charge in [0.05, 0.1) is 17.2 Å². The van der Waals surface area contributed by atoms with Crippen molar-refractivity contribution >= 4 is 45.2 Å². The first-order chi connectivity index (χ1) is 24.9. The molecule has 274 valence electrons. The standard InChI is InChI=1S/C42H47FN2O7/c1-5-6-7-15-35(48)51-22-34(47)36-23(2)18-29-28-20-31(43)30-19-24(16-17-41(30,3)37(28)33(46)21-42(29,36)4)45-52-40(50)27-13-10-12-26-38(27)44-32-14-9-8-11-25(32)39(26)49/h8-14,16-17,19,23,28-29,31,33,36-37,46H,5-7,15,18,20-22H2,1-4H3,(H,44,49)/t23-,28+,29+,31+,33+,36-,37-,41+,42+/m1/s1. The lowest BCUT2D eigenvalue weighted by atomic mass is 9.46. The van der Waals surface area contributed by atoms with Gasteiger partial charge < -0.3 is 19.7 Å². The molecule has 3 aromatic rings. The summed E-state index contributed by atoms with van der Waals surface area (Å²) in [6.45, 7) is 7.83. The topological polar surface area (TPSA) is 135 Å². The van der Waals surface area contributed by atoms with Crippen LogP contribution in [-0.2, 0) is 19.2 Å². The number of oxime groups is 1. The van der Waals surface area contributed by atoms with Crippen LogP contribution in [-0.4, -0.2) is 52.4 Å². The molecule has 9 nitrogen and oxygen atoms in total. The highest BCUT2D eigenvalue weighted by Crippen LogP contribution is 2.67. The van der Waals surface area contributed by atoms with E-state index in [4.69, 9.17) is 9.57 Å². The summed E-state index contributed by atoms with van der Waals surface area (Å²) in [5.41, 5.74) is 0.245. The van der Waals surface area contributed by atoms with E-state index in [9.17, 15) is 24.3 Å². The number of nitrogens with one attached hydrogen (secondary N) is 1. The summed E-state index contributed by atoms with van der Waals surface area (Å²) in [5.74, 6) is -2.10. The highest BCUT2D eigenvalue weighted by atomic mass is 19.1. The Morgan fingerprint density at radius 1 is 1.06 bits per heavy atom. The number of pyridine rings is 1. The smallest absolute Gasteiger partial charge is 0.367 e. The quantitative estimate of drug-likeness (QED) is 0.0777. The van der Waals surface area contributed by atoms with Crippen molar-refractivity contribution in [1.82, 2.24) is 4.98 Å². The van der Waals surface area contributed by atoms with Gasteiger partial charge in [-0.05, 0) is 90.8 Å². The summed E-state index contributed by atoms with van der Waals surface area (Å²) in [6.07, 6.45) is 7.31. The number of carbonyl (C=O) groups is 3. The van der Waals surface area contributed by atoms with Gasteiger partial charge in [-0.1, -0.05) is 70.0 Å². The Kier molecular flexibility index (Phi) is 9.57. The second kappa shape index (κ2) is 13.8. The Bertz CT molecular complexity index is 2080. The van der Waals surface area contributed by atoms with Crippen molar-refractivity contribution in [3.05, 3.63) is 82.1 Å². The number of fused-ring (bicyclic) bond motifs is 7. The van der Waals surface area contributed by atoms with Crippen LogP contribution in [0.3, 0.4) is 0 Å². The van der Waals surface area contributed by atoms with E-state index in [1.165, 1.54) is 0 Å². The van der Waals surface area contributed by atoms with E-state index in [2.05, 4.69) is 24.0 Å². The highest BCUT2D eigenvalue weighted by Gasteiger charge is 2.65. The molecule has 0 saturated heterocycles. The first-order valence-electron chi connectivity index (χ1n) is 18.6. The number of benzene rings is 2. The molecule has 1 heterocycles. The largest absolute Gasteiger partial charge is 0.458 e. The summed E-state index contributed by atoms with van der Waals surface area (Å²) in [4.78, 5) is 60.9. The van der Waals surface area contributed by atoms with Crippen molar-refractivity contribution in [2.75, 3.05) is 6.61 Å². The zero-order chi connectivity index (χ0) is 36.9. The van der Waals surface area contributed by atoms with Crippen LogP contribution in [0.4, 0.5) is 4.39 Å². The Labute approximate surface area is 302 Å². The van der Waals surface area contributed by atoms with E-state index in [1.54, 1.807) is 54.6 Å². The monoisotopic (exact) mass is 710 g/mol.